The van der Waals surface area contributed by atoms with Crippen molar-refractivity contribution >= 4 is 37.8 Å². The van der Waals surface area contributed by atoms with E-state index in [1.165, 1.54) is 0 Å². The molecule has 4 aromatic rings. The second-order valence-electron chi connectivity index (χ2n) is 7.29. The highest BCUT2D eigenvalue weighted by atomic mass is 32.2. The molecule has 29 heavy (non-hydrogen) atoms. The molecule has 3 heterocycles. The van der Waals surface area contributed by atoms with Crippen LogP contribution in [0.5, 0.6) is 0 Å². The predicted octanol–water partition coefficient (Wildman–Crippen LogP) is 3.80. The molecule has 1 fully saturated rings. The summed E-state index contributed by atoms with van der Waals surface area (Å²) in [5.41, 5.74) is 2.55. The van der Waals surface area contributed by atoms with E-state index in [1.807, 2.05) is 43.3 Å². The van der Waals surface area contributed by atoms with Gasteiger partial charge < -0.3 is 9.32 Å². The Hall–Kier alpha value is -2.90. The van der Waals surface area contributed by atoms with Crippen LogP contribution in [0.25, 0.3) is 21.9 Å². The molecule has 2 aromatic carbocycles. The van der Waals surface area contributed by atoms with Gasteiger partial charge in [-0.15, -0.1) is 0 Å². The van der Waals surface area contributed by atoms with Crippen LogP contribution in [0, 0.1) is 6.92 Å². The summed E-state index contributed by atoms with van der Waals surface area (Å²) in [5, 5.41) is 1.75. The zero-order valence-electron chi connectivity index (χ0n) is 16.1. The average molecular weight is 407 g/mol. The molecule has 0 bridgehead atoms. The summed E-state index contributed by atoms with van der Waals surface area (Å²) in [5.74, 6) is 0.927. The van der Waals surface area contributed by atoms with Crippen LogP contribution >= 0.6 is 0 Å². The first-order valence-corrected chi connectivity index (χ1v) is 11.1. The Morgan fingerprint density at radius 2 is 1.66 bits per heavy atom. The molecule has 0 atom stereocenters. The lowest BCUT2D eigenvalue weighted by Crippen LogP contribution is -2.49. The van der Waals surface area contributed by atoms with E-state index in [-0.39, 0.29) is 0 Å². The van der Waals surface area contributed by atoms with Crippen LogP contribution in [-0.2, 0) is 10.0 Å². The van der Waals surface area contributed by atoms with Crippen molar-refractivity contribution in [2.24, 2.45) is 0 Å². The first kappa shape index (κ1) is 18.1. The largest absolute Gasteiger partial charge is 0.456 e. The Labute approximate surface area is 169 Å². The van der Waals surface area contributed by atoms with Gasteiger partial charge in [0.15, 0.2) is 0 Å². The standard InChI is InChI=1S/C22H21N3O3S/c1-16-5-4-10-23-22(16)24-11-13-25(14-12-24)29(26,27)17-8-9-21-19(15-17)18-6-2-3-7-20(18)28-21/h2-10,15H,11-14H2,1H3. The van der Waals surface area contributed by atoms with E-state index in [0.29, 0.717) is 36.7 Å². The average Bonchev–Trinajstić information content (AvgIpc) is 3.12. The third kappa shape index (κ3) is 3.07. The summed E-state index contributed by atoms with van der Waals surface area (Å²) in [6, 6.07) is 16.7. The molecule has 0 radical (unpaired) electrons. The van der Waals surface area contributed by atoms with Crippen molar-refractivity contribution < 1.29 is 12.8 Å². The van der Waals surface area contributed by atoms with Gasteiger partial charge in [-0.2, -0.15) is 4.31 Å². The fourth-order valence-corrected chi connectivity index (χ4v) is 5.41. The fraction of sp³-hybridized carbons (Fsp3) is 0.227. The number of hydrogen-bond acceptors (Lipinski definition) is 5. The molecule has 1 saturated heterocycles. The molecule has 5 rings (SSSR count). The van der Waals surface area contributed by atoms with Gasteiger partial charge >= 0.3 is 0 Å². The van der Waals surface area contributed by atoms with Gasteiger partial charge in [-0.25, -0.2) is 13.4 Å². The van der Waals surface area contributed by atoms with Gasteiger partial charge in [0, 0.05) is 43.1 Å². The number of rotatable bonds is 3. The van der Waals surface area contributed by atoms with Gasteiger partial charge in [0.05, 0.1) is 4.90 Å². The lowest BCUT2D eigenvalue weighted by atomic mass is 10.1. The summed E-state index contributed by atoms with van der Waals surface area (Å²) in [4.78, 5) is 6.90. The lowest BCUT2D eigenvalue weighted by molar-refractivity contribution is 0.383. The van der Waals surface area contributed by atoms with Crippen LogP contribution in [0.1, 0.15) is 5.56 Å². The van der Waals surface area contributed by atoms with E-state index in [2.05, 4.69) is 9.88 Å². The van der Waals surface area contributed by atoms with Crippen molar-refractivity contribution in [2.75, 3.05) is 31.1 Å². The minimum atomic E-state index is -3.57. The molecule has 0 spiro atoms. The van der Waals surface area contributed by atoms with Crippen LogP contribution in [0.2, 0.25) is 0 Å². The Kier molecular flexibility index (Phi) is 4.29. The van der Waals surface area contributed by atoms with Gasteiger partial charge in [0.2, 0.25) is 10.0 Å². The van der Waals surface area contributed by atoms with Gasteiger partial charge in [0.25, 0.3) is 0 Å². The molecular weight excluding hydrogens is 386 g/mol. The minimum absolute atomic E-state index is 0.305. The topological polar surface area (TPSA) is 66.7 Å². The molecule has 1 aliphatic rings. The third-order valence-electron chi connectivity index (χ3n) is 5.51. The van der Waals surface area contributed by atoms with Gasteiger partial charge in [0.1, 0.15) is 17.0 Å². The molecule has 0 saturated carbocycles. The van der Waals surface area contributed by atoms with E-state index in [9.17, 15) is 8.42 Å². The number of pyridine rings is 1. The number of furan rings is 1. The minimum Gasteiger partial charge on any atom is -0.456 e. The van der Waals surface area contributed by atoms with Crippen molar-refractivity contribution in [1.29, 1.82) is 0 Å². The van der Waals surface area contributed by atoms with Crippen molar-refractivity contribution in [3.63, 3.8) is 0 Å². The van der Waals surface area contributed by atoms with E-state index < -0.39 is 10.0 Å². The SMILES string of the molecule is Cc1cccnc1N1CCN(S(=O)(=O)c2ccc3oc4ccccc4c3c2)CC1. The van der Waals surface area contributed by atoms with Crippen molar-refractivity contribution in [1.82, 2.24) is 9.29 Å². The smallest absolute Gasteiger partial charge is 0.243 e. The second-order valence-corrected chi connectivity index (χ2v) is 9.23. The summed E-state index contributed by atoms with van der Waals surface area (Å²) in [7, 11) is -3.57. The number of anilines is 1. The van der Waals surface area contributed by atoms with Crippen molar-refractivity contribution in [3.05, 3.63) is 66.4 Å². The van der Waals surface area contributed by atoms with Crippen molar-refractivity contribution in [2.45, 2.75) is 11.8 Å². The van der Waals surface area contributed by atoms with E-state index >= 15 is 0 Å². The number of aromatic nitrogens is 1. The van der Waals surface area contributed by atoms with E-state index in [1.54, 1.807) is 28.7 Å². The fourth-order valence-electron chi connectivity index (χ4n) is 3.96. The molecule has 0 amide bonds. The van der Waals surface area contributed by atoms with Gasteiger partial charge in [-0.05, 0) is 42.8 Å². The Morgan fingerprint density at radius 3 is 2.45 bits per heavy atom. The zero-order valence-corrected chi connectivity index (χ0v) is 16.9. The summed E-state index contributed by atoms with van der Waals surface area (Å²) < 4.78 is 33.9. The number of aryl methyl sites for hydroxylation is 1. The number of fused-ring (bicyclic) bond motifs is 3. The monoisotopic (exact) mass is 407 g/mol. The zero-order chi connectivity index (χ0) is 20.0. The quantitative estimate of drug-likeness (QED) is 0.517. The van der Waals surface area contributed by atoms with Crippen LogP contribution in [0.15, 0.2) is 70.1 Å². The molecule has 0 aliphatic carbocycles. The van der Waals surface area contributed by atoms with Crippen LogP contribution < -0.4 is 4.90 Å². The number of sulfonamides is 1. The maximum Gasteiger partial charge on any atom is 0.243 e. The normalized spacial score (nSPS) is 16.0. The molecular formula is C22H21N3O3S. The number of hydrogen-bond donors (Lipinski definition) is 0. The van der Waals surface area contributed by atoms with E-state index in [4.69, 9.17) is 4.42 Å². The highest BCUT2D eigenvalue weighted by molar-refractivity contribution is 7.89. The van der Waals surface area contributed by atoms with Crippen LogP contribution in [-0.4, -0.2) is 43.9 Å². The molecule has 1 aliphatic heterocycles. The Balaban J connectivity index is 1.43. The van der Waals surface area contributed by atoms with E-state index in [0.717, 1.165) is 27.7 Å². The molecule has 2 aromatic heterocycles. The highest BCUT2D eigenvalue weighted by Crippen LogP contribution is 2.31. The first-order chi connectivity index (χ1) is 14.0. The molecule has 7 heteroatoms. The number of piperazine rings is 1. The Bertz CT molecular complexity index is 1310. The maximum atomic E-state index is 13.3. The summed E-state index contributed by atoms with van der Waals surface area (Å²) in [6.45, 7) is 4.13. The van der Waals surface area contributed by atoms with Crippen molar-refractivity contribution in [3.8, 4) is 0 Å². The van der Waals surface area contributed by atoms with Gasteiger partial charge in [-0.3, -0.25) is 0 Å². The molecule has 0 N–H and O–H groups in total. The maximum absolute atomic E-state index is 13.3. The van der Waals surface area contributed by atoms with Crippen LogP contribution in [0.4, 0.5) is 5.82 Å². The molecule has 0 unspecified atom stereocenters. The highest BCUT2D eigenvalue weighted by Gasteiger charge is 2.29. The summed E-state index contributed by atoms with van der Waals surface area (Å²) in [6.07, 6.45) is 1.77. The summed E-state index contributed by atoms with van der Waals surface area (Å²) >= 11 is 0. The van der Waals surface area contributed by atoms with Crippen LogP contribution in [0.3, 0.4) is 0 Å². The third-order valence-corrected chi connectivity index (χ3v) is 7.40. The second kappa shape index (κ2) is 6.86. The first-order valence-electron chi connectivity index (χ1n) is 9.62. The molecule has 148 valence electrons. The number of para-hydroxylation sites is 1. The predicted molar refractivity (Wildman–Crippen MR) is 114 cm³/mol. The number of nitrogens with zero attached hydrogens (tertiary/aromatic N) is 3. The number of benzene rings is 2. The molecule has 6 nitrogen and oxygen atoms in total. The Morgan fingerprint density at radius 1 is 0.897 bits per heavy atom. The van der Waals surface area contributed by atoms with Gasteiger partial charge in [-0.1, -0.05) is 24.3 Å². The lowest BCUT2D eigenvalue weighted by Gasteiger charge is -2.35.